The van der Waals surface area contributed by atoms with Crippen molar-refractivity contribution < 1.29 is 23.9 Å². The first-order chi connectivity index (χ1) is 16.0. The predicted molar refractivity (Wildman–Crippen MR) is 123 cm³/mol. The maximum Gasteiger partial charge on any atom is 0.277 e. The van der Waals surface area contributed by atoms with Crippen LogP contribution in [-0.2, 0) is 16.1 Å². The summed E-state index contributed by atoms with van der Waals surface area (Å²) in [4.78, 5) is 22.1. The molecule has 0 bridgehead atoms. The van der Waals surface area contributed by atoms with Gasteiger partial charge in [0.1, 0.15) is 5.52 Å². The number of nitrogens with zero attached hydrogens (tertiary/aromatic N) is 2. The molecule has 176 valence electrons. The standard InChI is InChI=1S/C23H26ClFN4O4/c1-14-2-3-18(17(24)10-14)27-21-16(23(31)28-33-9-6-30)11-19-22(20(21)25)26-13-29(19)12-15-4-7-32-8-5-15/h2-3,10-11,13,15,27,30H,4-9,12H2,1H3,(H,28,31). The van der Waals surface area contributed by atoms with Crippen LogP contribution in [0.4, 0.5) is 15.8 Å². The number of amides is 1. The van der Waals surface area contributed by atoms with Gasteiger partial charge in [0.25, 0.3) is 5.91 Å². The molecule has 1 saturated heterocycles. The zero-order valence-corrected chi connectivity index (χ0v) is 19.0. The van der Waals surface area contributed by atoms with Crippen LogP contribution in [0.15, 0.2) is 30.6 Å². The van der Waals surface area contributed by atoms with E-state index in [1.807, 2.05) is 17.6 Å². The summed E-state index contributed by atoms with van der Waals surface area (Å²) in [6.45, 7) is 3.59. The molecule has 2 aromatic carbocycles. The first-order valence-electron chi connectivity index (χ1n) is 10.8. The van der Waals surface area contributed by atoms with E-state index in [9.17, 15) is 4.79 Å². The molecule has 1 aromatic heterocycles. The van der Waals surface area contributed by atoms with Crippen LogP contribution in [0.25, 0.3) is 11.0 Å². The molecule has 8 nitrogen and oxygen atoms in total. The molecule has 0 aliphatic carbocycles. The number of ether oxygens (including phenoxy) is 1. The van der Waals surface area contributed by atoms with Crippen LogP contribution >= 0.6 is 11.6 Å². The fourth-order valence-corrected chi connectivity index (χ4v) is 4.17. The second kappa shape index (κ2) is 10.5. The van der Waals surface area contributed by atoms with E-state index in [1.165, 1.54) is 0 Å². The van der Waals surface area contributed by atoms with Crippen molar-refractivity contribution in [1.29, 1.82) is 0 Å². The Labute approximate surface area is 195 Å². The summed E-state index contributed by atoms with van der Waals surface area (Å²) in [6.07, 6.45) is 3.42. The van der Waals surface area contributed by atoms with Gasteiger partial charge >= 0.3 is 0 Å². The highest BCUT2D eigenvalue weighted by Gasteiger charge is 2.24. The summed E-state index contributed by atoms with van der Waals surface area (Å²) >= 11 is 6.33. The topological polar surface area (TPSA) is 97.6 Å². The summed E-state index contributed by atoms with van der Waals surface area (Å²) in [5.41, 5.74) is 4.28. The van der Waals surface area contributed by atoms with Gasteiger partial charge in [-0.05, 0) is 49.4 Å². The van der Waals surface area contributed by atoms with Crippen LogP contribution in [0, 0.1) is 18.7 Å². The minimum absolute atomic E-state index is 0.0308. The van der Waals surface area contributed by atoms with Gasteiger partial charge in [0.2, 0.25) is 0 Å². The molecule has 1 amide bonds. The van der Waals surface area contributed by atoms with Gasteiger partial charge < -0.3 is 19.7 Å². The molecule has 0 saturated carbocycles. The molecule has 1 aliphatic heterocycles. The van der Waals surface area contributed by atoms with Crippen molar-refractivity contribution in [1.82, 2.24) is 15.0 Å². The molecule has 0 unspecified atom stereocenters. The molecule has 4 rings (SSSR count). The summed E-state index contributed by atoms with van der Waals surface area (Å²) in [5.74, 6) is -0.940. The van der Waals surface area contributed by atoms with Crippen molar-refractivity contribution >= 4 is 39.9 Å². The number of hydrogen-bond acceptors (Lipinski definition) is 6. The van der Waals surface area contributed by atoms with Gasteiger partial charge in [0.05, 0.1) is 47.0 Å². The summed E-state index contributed by atoms with van der Waals surface area (Å²) in [5, 5.41) is 12.3. The lowest BCUT2D eigenvalue weighted by molar-refractivity contribution is 0.0169. The number of aliphatic hydroxyl groups is 1. The molecule has 3 N–H and O–H groups in total. The SMILES string of the molecule is Cc1ccc(Nc2c(C(=O)NOCCO)cc3c(ncn3CC3CCOCC3)c2F)c(Cl)c1. The minimum Gasteiger partial charge on any atom is -0.394 e. The number of aliphatic hydroxyl groups excluding tert-OH is 1. The van der Waals surface area contributed by atoms with Gasteiger partial charge in [-0.3, -0.25) is 9.63 Å². The molecule has 1 fully saturated rings. The average Bonchev–Trinajstić information content (AvgIpc) is 3.20. The van der Waals surface area contributed by atoms with E-state index in [-0.39, 0.29) is 30.0 Å². The van der Waals surface area contributed by atoms with Gasteiger partial charge in [-0.2, -0.15) is 0 Å². The number of imidazole rings is 1. The molecule has 0 spiro atoms. The largest absolute Gasteiger partial charge is 0.394 e. The number of halogens is 2. The molecular weight excluding hydrogens is 451 g/mol. The van der Waals surface area contributed by atoms with Crippen molar-refractivity contribution in [2.45, 2.75) is 26.3 Å². The average molecular weight is 477 g/mol. The highest BCUT2D eigenvalue weighted by atomic mass is 35.5. The number of aromatic nitrogens is 2. The van der Waals surface area contributed by atoms with E-state index in [0.717, 1.165) is 18.4 Å². The van der Waals surface area contributed by atoms with E-state index in [0.29, 0.717) is 41.9 Å². The zero-order chi connectivity index (χ0) is 23.4. The first-order valence-corrected chi connectivity index (χ1v) is 11.2. The number of hydrogen-bond donors (Lipinski definition) is 3. The fraction of sp³-hybridized carbons (Fsp3) is 0.391. The summed E-state index contributed by atoms with van der Waals surface area (Å²) < 4.78 is 23.0. The van der Waals surface area contributed by atoms with Crippen LogP contribution in [-0.4, -0.2) is 47.0 Å². The van der Waals surface area contributed by atoms with Gasteiger partial charge in [-0.1, -0.05) is 17.7 Å². The van der Waals surface area contributed by atoms with Crippen LogP contribution in [0.1, 0.15) is 28.8 Å². The quantitative estimate of drug-likeness (QED) is 0.336. The first kappa shape index (κ1) is 23.4. The molecule has 10 heteroatoms. The Morgan fingerprint density at radius 3 is 2.88 bits per heavy atom. The van der Waals surface area contributed by atoms with E-state index >= 15 is 4.39 Å². The third-order valence-electron chi connectivity index (χ3n) is 5.64. The highest BCUT2D eigenvalue weighted by Crippen LogP contribution is 2.34. The zero-order valence-electron chi connectivity index (χ0n) is 18.2. The second-order valence-electron chi connectivity index (χ2n) is 8.05. The summed E-state index contributed by atoms with van der Waals surface area (Å²) in [7, 11) is 0. The number of anilines is 2. The van der Waals surface area contributed by atoms with Gasteiger partial charge in [-0.25, -0.2) is 14.9 Å². The van der Waals surface area contributed by atoms with Gasteiger partial charge in [0, 0.05) is 19.8 Å². The van der Waals surface area contributed by atoms with Crippen molar-refractivity contribution in [2.75, 3.05) is 31.7 Å². The Kier molecular flexibility index (Phi) is 7.44. The van der Waals surface area contributed by atoms with E-state index in [4.69, 9.17) is 26.3 Å². The fourth-order valence-electron chi connectivity index (χ4n) is 3.88. The third kappa shape index (κ3) is 5.27. The molecule has 1 aliphatic rings. The van der Waals surface area contributed by atoms with Crippen molar-refractivity contribution in [3.8, 4) is 0 Å². The molecular formula is C23H26ClFN4O4. The smallest absolute Gasteiger partial charge is 0.277 e. The maximum absolute atomic E-state index is 15.7. The van der Waals surface area contributed by atoms with E-state index < -0.39 is 11.7 Å². The molecule has 0 radical (unpaired) electrons. The molecule has 33 heavy (non-hydrogen) atoms. The van der Waals surface area contributed by atoms with Crippen LogP contribution in [0.5, 0.6) is 0 Å². The lowest BCUT2D eigenvalue weighted by atomic mass is 10.0. The second-order valence-corrected chi connectivity index (χ2v) is 8.45. The lowest BCUT2D eigenvalue weighted by Crippen LogP contribution is -2.26. The Balaban J connectivity index is 1.74. The number of aryl methyl sites for hydroxylation is 1. The number of nitrogens with one attached hydrogen (secondary N) is 2. The number of carbonyl (C=O) groups is 1. The monoisotopic (exact) mass is 476 g/mol. The van der Waals surface area contributed by atoms with Crippen molar-refractivity contribution in [3.63, 3.8) is 0 Å². The number of carbonyl (C=O) groups excluding carboxylic acids is 1. The maximum atomic E-state index is 15.7. The number of hydroxylamine groups is 1. The van der Waals surface area contributed by atoms with Crippen molar-refractivity contribution in [2.24, 2.45) is 5.92 Å². The van der Waals surface area contributed by atoms with Crippen LogP contribution in [0.3, 0.4) is 0 Å². The van der Waals surface area contributed by atoms with Crippen LogP contribution < -0.4 is 10.8 Å². The Bertz CT molecular complexity index is 1150. The number of rotatable bonds is 8. The Morgan fingerprint density at radius 1 is 1.36 bits per heavy atom. The lowest BCUT2D eigenvalue weighted by Gasteiger charge is -2.22. The van der Waals surface area contributed by atoms with Gasteiger partial charge in [-0.15, -0.1) is 0 Å². The molecule has 0 atom stereocenters. The third-order valence-corrected chi connectivity index (χ3v) is 5.95. The number of fused-ring (bicyclic) bond motifs is 1. The van der Waals surface area contributed by atoms with Crippen molar-refractivity contribution in [3.05, 3.63) is 52.6 Å². The summed E-state index contributed by atoms with van der Waals surface area (Å²) in [6, 6.07) is 6.88. The van der Waals surface area contributed by atoms with Crippen LogP contribution in [0.2, 0.25) is 5.02 Å². The Morgan fingerprint density at radius 2 is 2.15 bits per heavy atom. The predicted octanol–water partition coefficient (Wildman–Crippen LogP) is 3.96. The molecule has 2 heterocycles. The Hall–Kier alpha value is -2.72. The molecule has 3 aromatic rings. The van der Waals surface area contributed by atoms with Gasteiger partial charge in [0.15, 0.2) is 5.82 Å². The highest BCUT2D eigenvalue weighted by molar-refractivity contribution is 6.33. The van der Waals surface area contributed by atoms with E-state index in [2.05, 4.69) is 15.8 Å². The number of benzene rings is 2. The minimum atomic E-state index is -0.665. The van der Waals surface area contributed by atoms with E-state index in [1.54, 1.807) is 24.5 Å². The normalized spacial score (nSPS) is 14.5.